The van der Waals surface area contributed by atoms with Crippen LogP contribution in [0.2, 0.25) is 0 Å². The van der Waals surface area contributed by atoms with Crippen molar-refractivity contribution in [2.75, 3.05) is 14.2 Å². The van der Waals surface area contributed by atoms with Crippen LogP contribution >= 0.6 is 0 Å². The van der Waals surface area contributed by atoms with Gasteiger partial charge >= 0.3 is 0 Å². The number of ether oxygens (including phenoxy) is 2. The van der Waals surface area contributed by atoms with Crippen LogP contribution in [0, 0.1) is 0 Å². The first-order chi connectivity index (χ1) is 8.95. The van der Waals surface area contributed by atoms with Crippen molar-refractivity contribution < 1.29 is 9.47 Å². The molecule has 0 unspecified atom stereocenters. The van der Waals surface area contributed by atoms with E-state index in [1.165, 1.54) is 0 Å². The largest absolute Gasteiger partial charge is 0.497 e. The molecular formula is C14H19N3O2. The maximum absolute atomic E-state index is 6.03. The molecule has 5 nitrogen and oxygen atoms in total. The lowest BCUT2D eigenvalue weighted by Gasteiger charge is -2.14. The van der Waals surface area contributed by atoms with Gasteiger partial charge in [-0.15, -0.1) is 0 Å². The maximum atomic E-state index is 6.03. The highest BCUT2D eigenvalue weighted by molar-refractivity contribution is 5.68. The molecule has 1 aromatic heterocycles. The van der Waals surface area contributed by atoms with Crippen LogP contribution in [0.15, 0.2) is 24.4 Å². The molecule has 0 aliphatic heterocycles. The highest BCUT2D eigenvalue weighted by Crippen LogP contribution is 2.32. The Morgan fingerprint density at radius 3 is 2.47 bits per heavy atom. The van der Waals surface area contributed by atoms with Crippen molar-refractivity contribution in [2.45, 2.75) is 19.4 Å². The number of benzene rings is 1. The van der Waals surface area contributed by atoms with Crippen LogP contribution in [0.1, 0.15) is 19.7 Å². The van der Waals surface area contributed by atoms with Gasteiger partial charge in [0, 0.05) is 5.56 Å². The van der Waals surface area contributed by atoms with E-state index in [0.29, 0.717) is 0 Å². The van der Waals surface area contributed by atoms with Gasteiger partial charge in [-0.2, -0.15) is 0 Å². The fourth-order valence-electron chi connectivity index (χ4n) is 1.81. The molecule has 102 valence electrons. The predicted octanol–water partition coefficient (Wildman–Crippen LogP) is 2.29. The number of aromatic nitrogens is 2. The van der Waals surface area contributed by atoms with Crippen LogP contribution < -0.4 is 15.2 Å². The zero-order valence-electron chi connectivity index (χ0n) is 11.7. The first kappa shape index (κ1) is 13.4. The molecule has 2 aromatic rings. The van der Waals surface area contributed by atoms with E-state index < -0.39 is 5.54 Å². The van der Waals surface area contributed by atoms with Gasteiger partial charge in [-0.3, -0.25) is 0 Å². The Hall–Kier alpha value is -2.01. The van der Waals surface area contributed by atoms with Crippen LogP contribution in [0.25, 0.3) is 11.3 Å². The molecule has 0 amide bonds. The number of aromatic amines is 1. The van der Waals surface area contributed by atoms with E-state index >= 15 is 0 Å². The number of hydrogen-bond donors (Lipinski definition) is 2. The van der Waals surface area contributed by atoms with Gasteiger partial charge in [0.1, 0.15) is 17.3 Å². The summed E-state index contributed by atoms with van der Waals surface area (Å²) in [6.07, 6.45) is 1.75. The van der Waals surface area contributed by atoms with Crippen molar-refractivity contribution in [2.24, 2.45) is 5.73 Å². The van der Waals surface area contributed by atoms with Gasteiger partial charge in [0.2, 0.25) is 0 Å². The van der Waals surface area contributed by atoms with Crippen molar-refractivity contribution in [3.05, 3.63) is 30.2 Å². The van der Waals surface area contributed by atoms with E-state index in [-0.39, 0.29) is 0 Å². The number of H-pyrrole nitrogens is 1. The van der Waals surface area contributed by atoms with Gasteiger partial charge in [0.15, 0.2) is 0 Å². The summed E-state index contributed by atoms with van der Waals surface area (Å²) in [4.78, 5) is 7.54. The van der Waals surface area contributed by atoms with Gasteiger partial charge in [-0.1, -0.05) is 0 Å². The Labute approximate surface area is 112 Å². The quantitative estimate of drug-likeness (QED) is 0.885. The smallest absolute Gasteiger partial charge is 0.128 e. The summed E-state index contributed by atoms with van der Waals surface area (Å²) >= 11 is 0. The lowest BCUT2D eigenvalue weighted by Crippen LogP contribution is -2.30. The molecule has 0 spiro atoms. The average Bonchev–Trinajstić information content (AvgIpc) is 2.87. The Balaban J connectivity index is 2.48. The van der Waals surface area contributed by atoms with Crippen molar-refractivity contribution in [1.82, 2.24) is 9.97 Å². The number of imidazole rings is 1. The molecule has 0 atom stereocenters. The second-order valence-electron chi connectivity index (χ2n) is 4.93. The molecule has 1 heterocycles. The molecule has 0 saturated heterocycles. The zero-order chi connectivity index (χ0) is 14.0. The van der Waals surface area contributed by atoms with E-state index in [1.807, 2.05) is 32.0 Å². The topological polar surface area (TPSA) is 73.2 Å². The summed E-state index contributed by atoms with van der Waals surface area (Å²) in [5.41, 5.74) is 7.26. The fourth-order valence-corrected chi connectivity index (χ4v) is 1.81. The van der Waals surface area contributed by atoms with E-state index in [2.05, 4.69) is 9.97 Å². The fraction of sp³-hybridized carbons (Fsp3) is 0.357. The number of nitrogens with two attached hydrogens (primary N) is 1. The predicted molar refractivity (Wildman–Crippen MR) is 74.3 cm³/mol. The summed E-state index contributed by atoms with van der Waals surface area (Å²) in [5.74, 6) is 2.25. The number of rotatable bonds is 4. The molecular weight excluding hydrogens is 242 g/mol. The van der Waals surface area contributed by atoms with Crippen molar-refractivity contribution in [1.29, 1.82) is 0 Å². The SMILES string of the molecule is COc1ccc(OC)c(-c2cnc(C(C)(C)N)[nH]2)c1. The Kier molecular flexibility index (Phi) is 3.48. The number of methoxy groups -OCH3 is 2. The van der Waals surface area contributed by atoms with Crippen LogP contribution in [0.5, 0.6) is 11.5 Å². The van der Waals surface area contributed by atoms with E-state index in [1.54, 1.807) is 20.4 Å². The molecule has 2 rings (SSSR count). The Morgan fingerprint density at radius 2 is 1.95 bits per heavy atom. The molecule has 0 aliphatic carbocycles. The minimum absolute atomic E-state index is 0.510. The van der Waals surface area contributed by atoms with Gasteiger partial charge in [-0.05, 0) is 32.0 Å². The molecule has 19 heavy (non-hydrogen) atoms. The highest BCUT2D eigenvalue weighted by Gasteiger charge is 2.19. The van der Waals surface area contributed by atoms with Gasteiger partial charge in [-0.25, -0.2) is 4.98 Å². The normalized spacial score (nSPS) is 11.4. The number of hydrogen-bond acceptors (Lipinski definition) is 4. The average molecular weight is 261 g/mol. The number of nitrogens with one attached hydrogen (secondary N) is 1. The minimum Gasteiger partial charge on any atom is -0.497 e. The van der Waals surface area contributed by atoms with Gasteiger partial charge < -0.3 is 20.2 Å². The minimum atomic E-state index is -0.510. The Morgan fingerprint density at radius 1 is 1.21 bits per heavy atom. The Bertz CT molecular complexity index is 570. The van der Waals surface area contributed by atoms with E-state index in [9.17, 15) is 0 Å². The lowest BCUT2D eigenvalue weighted by atomic mass is 10.1. The summed E-state index contributed by atoms with van der Waals surface area (Å²) in [6, 6.07) is 5.62. The molecule has 0 radical (unpaired) electrons. The summed E-state index contributed by atoms with van der Waals surface area (Å²) in [6.45, 7) is 3.80. The molecule has 5 heteroatoms. The van der Waals surface area contributed by atoms with E-state index in [4.69, 9.17) is 15.2 Å². The van der Waals surface area contributed by atoms with Crippen molar-refractivity contribution in [3.63, 3.8) is 0 Å². The standard InChI is InChI=1S/C14H19N3O2/c1-14(2,15)13-16-8-11(17-13)10-7-9(18-3)5-6-12(10)19-4/h5-8H,15H2,1-4H3,(H,16,17). The molecule has 0 fully saturated rings. The third-order valence-electron chi connectivity index (χ3n) is 2.88. The maximum Gasteiger partial charge on any atom is 0.128 e. The lowest BCUT2D eigenvalue weighted by molar-refractivity contribution is 0.404. The van der Waals surface area contributed by atoms with Gasteiger partial charge in [0.25, 0.3) is 0 Å². The van der Waals surface area contributed by atoms with Crippen molar-refractivity contribution in [3.8, 4) is 22.8 Å². The first-order valence-electron chi connectivity index (χ1n) is 6.02. The first-order valence-corrected chi connectivity index (χ1v) is 6.02. The highest BCUT2D eigenvalue weighted by atomic mass is 16.5. The summed E-state index contributed by atoms with van der Waals surface area (Å²) in [5, 5.41) is 0. The van der Waals surface area contributed by atoms with Crippen molar-refractivity contribution >= 4 is 0 Å². The molecule has 0 saturated carbocycles. The number of nitrogens with zero attached hydrogens (tertiary/aromatic N) is 1. The van der Waals surface area contributed by atoms with Crippen LogP contribution in [-0.2, 0) is 5.54 Å². The van der Waals surface area contributed by atoms with Gasteiger partial charge in [0.05, 0.1) is 31.6 Å². The third-order valence-corrected chi connectivity index (χ3v) is 2.88. The molecule has 1 aromatic carbocycles. The summed E-state index contributed by atoms with van der Waals surface area (Å²) < 4.78 is 10.6. The second-order valence-corrected chi connectivity index (χ2v) is 4.93. The summed E-state index contributed by atoms with van der Waals surface area (Å²) in [7, 11) is 3.27. The molecule has 3 N–H and O–H groups in total. The monoisotopic (exact) mass is 261 g/mol. The third kappa shape index (κ3) is 2.71. The van der Waals surface area contributed by atoms with Crippen LogP contribution in [0.4, 0.5) is 0 Å². The second kappa shape index (κ2) is 4.93. The van der Waals surface area contributed by atoms with Crippen LogP contribution in [-0.4, -0.2) is 24.2 Å². The zero-order valence-corrected chi connectivity index (χ0v) is 11.7. The molecule has 0 bridgehead atoms. The molecule has 0 aliphatic rings. The van der Waals surface area contributed by atoms with E-state index in [0.717, 1.165) is 28.6 Å². The van der Waals surface area contributed by atoms with Crippen LogP contribution in [0.3, 0.4) is 0 Å².